The van der Waals surface area contributed by atoms with Crippen molar-refractivity contribution in [2.45, 2.75) is 0 Å². The second-order valence-corrected chi connectivity index (χ2v) is 15.6. The van der Waals surface area contributed by atoms with E-state index in [1.54, 1.807) is 0 Å². The largest absolute Gasteiger partial charge is 0.309 e. The van der Waals surface area contributed by atoms with Crippen molar-refractivity contribution >= 4 is 43.6 Å². The molecule has 0 aliphatic carbocycles. The summed E-state index contributed by atoms with van der Waals surface area (Å²) in [6.07, 6.45) is 0. The number of benzene rings is 9. The fourth-order valence-corrected chi connectivity index (χ4v) is 9.26. The number of fused-ring (bicyclic) bond motifs is 6. The highest BCUT2D eigenvalue weighted by Crippen LogP contribution is 2.45. The minimum absolute atomic E-state index is 0.606. The molecule has 0 saturated heterocycles. The number of rotatable bonds is 7. The normalized spacial score (nSPS) is 11.5. The molecule has 0 spiro atoms. The van der Waals surface area contributed by atoms with Gasteiger partial charge in [0.2, 0.25) is 0 Å². The van der Waals surface area contributed by atoms with Crippen LogP contribution in [-0.2, 0) is 0 Å². The van der Waals surface area contributed by atoms with Gasteiger partial charge in [0.05, 0.1) is 22.1 Å². The molecule has 0 saturated carbocycles. The van der Waals surface area contributed by atoms with Gasteiger partial charge in [-0.1, -0.05) is 176 Å². The summed E-state index contributed by atoms with van der Waals surface area (Å²) in [6.45, 7) is 0. The molecule has 0 amide bonds. The third-order valence-electron chi connectivity index (χ3n) is 12.0. The van der Waals surface area contributed by atoms with Crippen LogP contribution in [0.15, 0.2) is 224 Å². The van der Waals surface area contributed by atoms with Gasteiger partial charge in [0.1, 0.15) is 0 Å². The van der Waals surface area contributed by atoms with Crippen molar-refractivity contribution in [3.8, 4) is 67.8 Å². The standard InChI is InChI=1S/C57H37N5/c1-5-19-38(20-6-1)55-58-56(39-21-7-2-8-22-39)60-57(59-55)49-37-40(43-29-17-31-47-45-27-13-15-32-50(45)62(54(43)47)42-25-11-4-12-26-42)35-36-44(49)46-30-18-34-52-53(46)48-28-14-16-33-51(48)61(52)41-23-9-3-10-24-41/h1-37H. The van der Waals surface area contributed by atoms with Crippen LogP contribution in [0.1, 0.15) is 0 Å². The van der Waals surface area contributed by atoms with Gasteiger partial charge in [-0.25, -0.2) is 15.0 Å². The fourth-order valence-electron chi connectivity index (χ4n) is 9.26. The summed E-state index contributed by atoms with van der Waals surface area (Å²) in [5.41, 5.74) is 13.9. The lowest BCUT2D eigenvalue weighted by atomic mass is 9.91. The zero-order valence-electron chi connectivity index (χ0n) is 33.6. The average molecular weight is 792 g/mol. The highest BCUT2D eigenvalue weighted by Gasteiger charge is 2.23. The number of hydrogen-bond donors (Lipinski definition) is 0. The molecular formula is C57H37N5. The maximum atomic E-state index is 5.35. The number of aromatic nitrogens is 5. The molecule has 0 aliphatic heterocycles. The van der Waals surface area contributed by atoms with Crippen molar-refractivity contribution in [1.82, 2.24) is 24.1 Å². The van der Waals surface area contributed by atoms with Gasteiger partial charge in [-0.3, -0.25) is 0 Å². The molecule has 3 aromatic heterocycles. The van der Waals surface area contributed by atoms with Gasteiger partial charge in [-0.05, 0) is 65.2 Å². The Kier molecular flexibility index (Phi) is 8.42. The smallest absolute Gasteiger partial charge is 0.164 e. The van der Waals surface area contributed by atoms with Gasteiger partial charge >= 0.3 is 0 Å². The van der Waals surface area contributed by atoms with E-state index in [-0.39, 0.29) is 0 Å². The quantitative estimate of drug-likeness (QED) is 0.162. The minimum atomic E-state index is 0.606. The third-order valence-corrected chi connectivity index (χ3v) is 12.0. The van der Waals surface area contributed by atoms with Gasteiger partial charge < -0.3 is 9.13 Å². The maximum absolute atomic E-state index is 5.35. The van der Waals surface area contributed by atoms with E-state index in [2.05, 4.69) is 197 Å². The first-order chi connectivity index (χ1) is 30.8. The lowest BCUT2D eigenvalue weighted by molar-refractivity contribution is 1.07. The van der Waals surface area contributed by atoms with Crippen LogP contribution in [0.2, 0.25) is 0 Å². The molecule has 0 radical (unpaired) electrons. The molecule has 0 atom stereocenters. The minimum Gasteiger partial charge on any atom is -0.309 e. The molecule has 5 heteroatoms. The van der Waals surface area contributed by atoms with Crippen LogP contribution in [0.3, 0.4) is 0 Å². The molecule has 0 N–H and O–H groups in total. The Labute approximate surface area is 358 Å². The Morgan fingerprint density at radius 3 is 1.42 bits per heavy atom. The van der Waals surface area contributed by atoms with Gasteiger partial charge in [0.15, 0.2) is 17.5 Å². The topological polar surface area (TPSA) is 48.5 Å². The van der Waals surface area contributed by atoms with E-state index >= 15 is 0 Å². The van der Waals surface area contributed by atoms with E-state index in [1.165, 1.54) is 21.5 Å². The van der Waals surface area contributed by atoms with Crippen molar-refractivity contribution in [3.63, 3.8) is 0 Å². The molecule has 0 unspecified atom stereocenters. The van der Waals surface area contributed by atoms with Crippen LogP contribution in [0.25, 0.3) is 111 Å². The van der Waals surface area contributed by atoms with E-state index in [0.29, 0.717) is 17.5 Å². The van der Waals surface area contributed by atoms with Gasteiger partial charge in [0, 0.05) is 55.2 Å². The highest BCUT2D eigenvalue weighted by atomic mass is 15.0. The average Bonchev–Trinajstić information content (AvgIpc) is 3.88. The summed E-state index contributed by atoms with van der Waals surface area (Å²) >= 11 is 0. The van der Waals surface area contributed by atoms with E-state index in [4.69, 9.17) is 15.0 Å². The van der Waals surface area contributed by atoms with Gasteiger partial charge in [0.25, 0.3) is 0 Å². The Hall–Kier alpha value is -8.41. The maximum Gasteiger partial charge on any atom is 0.164 e. The zero-order valence-corrected chi connectivity index (χ0v) is 33.6. The summed E-state index contributed by atoms with van der Waals surface area (Å²) in [5.74, 6) is 1.85. The van der Waals surface area contributed by atoms with Crippen molar-refractivity contribution in [3.05, 3.63) is 224 Å². The van der Waals surface area contributed by atoms with E-state index < -0.39 is 0 Å². The molecule has 9 aromatic carbocycles. The van der Waals surface area contributed by atoms with Gasteiger partial charge in [-0.15, -0.1) is 0 Å². The van der Waals surface area contributed by atoms with Crippen molar-refractivity contribution in [2.75, 3.05) is 0 Å². The molecule has 0 bridgehead atoms. The SMILES string of the molecule is c1ccc(-c2nc(-c3ccccc3)nc(-c3cc(-c4cccc5c6ccccc6n(-c6ccccc6)c45)ccc3-c3cccc4c3c3ccccc3n4-c3ccccc3)n2)cc1. The predicted octanol–water partition coefficient (Wildman–Crippen LogP) is 14.4. The van der Waals surface area contributed by atoms with Crippen molar-refractivity contribution in [2.24, 2.45) is 0 Å². The second-order valence-electron chi connectivity index (χ2n) is 15.6. The van der Waals surface area contributed by atoms with E-state index in [1.807, 2.05) is 36.4 Å². The first kappa shape index (κ1) is 35.5. The molecule has 0 fully saturated rings. The molecule has 0 aliphatic rings. The van der Waals surface area contributed by atoms with Crippen molar-refractivity contribution < 1.29 is 0 Å². The van der Waals surface area contributed by atoms with Crippen LogP contribution in [0.4, 0.5) is 0 Å². The summed E-state index contributed by atoms with van der Waals surface area (Å²) in [7, 11) is 0. The Balaban J connectivity index is 1.18. The highest BCUT2D eigenvalue weighted by molar-refractivity contribution is 6.17. The number of nitrogens with zero attached hydrogens (tertiary/aromatic N) is 5. The summed E-state index contributed by atoms with van der Waals surface area (Å²) in [4.78, 5) is 15.8. The second kappa shape index (κ2) is 14.7. The summed E-state index contributed by atoms with van der Waals surface area (Å²) < 4.78 is 4.77. The molecular weight excluding hydrogens is 755 g/mol. The molecule has 3 heterocycles. The van der Waals surface area contributed by atoms with E-state index in [9.17, 15) is 0 Å². The van der Waals surface area contributed by atoms with Crippen LogP contribution in [-0.4, -0.2) is 24.1 Å². The van der Waals surface area contributed by atoms with Crippen LogP contribution in [0.5, 0.6) is 0 Å². The first-order valence-corrected chi connectivity index (χ1v) is 21.0. The monoisotopic (exact) mass is 791 g/mol. The van der Waals surface area contributed by atoms with Crippen LogP contribution < -0.4 is 0 Å². The predicted molar refractivity (Wildman–Crippen MR) is 256 cm³/mol. The van der Waals surface area contributed by atoms with Gasteiger partial charge in [-0.2, -0.15) is 0 Å². The molecule has 12 aromatic rings. The molecule has 62 heavy (non-hydrogen) atoms. The van der Waals surface area contributed by atoms with Crippen LogP contribution in [0, 0.1) is 0 Å². The third kappa shape index (κ3) is 5.82. The number of para-hydroxylation sites is 5. The number of hydrogen-bond acceptors (Lipinski definition) is 3. The Morgan fingerprint density at radius 1 is 0.274 bits per heavy atom. The Morgan fingerprint density at radius 2 is 0.758 bits per heavy atom. The molecule has 12 rings (SSSR count). The summed E-state index contributed by atoms with van der Waals surface area (Å²) in [6, 6.07) is 79.2. The summed E-state index contributed by atoms with van der Waals surface area (Å²) in [5, 5.41) is 4.76. The fraction of sp³-hybridized carbons (Fsp3) is 0. The molecule has 290 valence electrons. The zero-order chi connectivity index (χ0) is 41.0. The lowest BCUT2D eigenvalue weighted by Gasteiger charge is -2.16. The Bertz CT molecular complexity index is 3550. The van der Waals surface area contributed by atoms with Crippen molar-refractivity contribution in [1.29, 1.82) is 0 Å². The first-order valence-electron chi connectivity index (χ1n) is 21.0. The van der Waals surface area contributed by atoms with E-state index in [0.717, 1.165) is 72.4 Å². The molecule has 5 nitrogen and oxygen atoms in total. The van der Waals surface area contributed by atoms with Crippen LogP contribution >= 0.6 is 0 Å². The lowest BCUT2D eigenvalue weighted by Crippen LogP contribution is -2.01.